The van der Waals surface area contributed by atoms with E-state index in [0.29, 0.717) is 11.7 Å². The molecule has 0 radical (unpaired) electrons. The molecule has 2 rings (SSSR count). The maximum Gasteiger partial charge on any atom is 0.335 e. The van der Waals surface area contributed by atoms with E-state index in [4.69, 9.17) is 4.74 Å². The molecule has 1 aliphatic rings. The van der Waals surface area contributed by atoms with Crippen LogP contribution in [0.2, 0.25) is 0 Å². The summed E-state index contributed by atoms with van der Waals surface area (Å²) in [6.45, 7) is 3.36. The van der Waals surface area contributed by atoms with E-state index in [1.54, 1.807) is 0 Å². The molecule has 0 unspecified atom stereocenters. The van der Waals surface area contributed by atoms with E-state index < -0.39 is 5.97 Å². The molecule has 0 saturated heterocycles. The van der Waals surface area contributed by atoms with Gasteiger partial charge in [0, 0.05) is 6.08 Å². The van der Waals surface area contributed by atoms with Crippen LogP contribution < -0.4 is 4.74 Å². The minimum Gasteiger partial charge on any atom is -0.423 e. The van der Waals surface area contributed by atoms with Crippen molar-refractivity contribution < 1.29 is 9.53 Å². The molecule has 0 amide bonds. The molecule has 0 atom stereocenters. The molecule has 0 bridgehead atoms. The molecule has 0 spiro atoms. The molecule has 1 aromatic rings. The fourth-order valence-corrected chi connectivity index (χ4v) is 2.23. The second kappa shape index (κ2) is 4.97. The Labute approximate surface area is 95.9 Å². The summed E-state index contributed by atoms with van der Waals surface area (Å²) >= 11 is 0. The van der Waals surface area contributed by atoms with Gasteiger partial charge in [0.1, 0.15) is 5.75 Å². The van der Waals surface area contributed by atoms with Gasteiger partial charge in [-0.1, -0.05) is 31.6 Å². The van der Waals surface area contributed by atoms with Crippen molar-refractivity contribution in [3.8, 4) is 5.75 Å². The lowest BCUT2D eigenvalue weighted by Crippen LogP contribution is -2.03. The summed E-state index contributed by atoms with van der Waals surface area (Å²) in [6.07, 6.45) is 6.40. The van der Waals surface area contributed by atoms with Gasteiger partial charge in [-0.3, -0.25) is 0 Å². The maximum absolute atomic E-state index is 11.0. The minimum absolute atomic E-state index is 0.409. The Morgan fingerprint density at radius 3 is 2.44 bits per heavy atom. The van der Waals surface area contributed by atoms with Crippen molar-refractivity contribution in [1.29, 1.82) is 0 Å². The zero-order valence-corrected chi connectivity index (χ0v) is 9.32. The molecule has 84 valence electrons. The van der Waals surface area contributed by atoms with Gasteiger partial charge in [-0.05, 0) is 36.5 Å². The maximum atomic E-state index is 11.0. The van der Waals surface area contributed by atoms with Gasteiger partial charge in [0.2, 0.25) is 0 Å². The second-order valence-corrected chi connectivity index (χ2v) is 4.18. The molecule has 1 saturated carbocycles. The molecule has 2 heteroatoms. The third-order valence-electron chi connectivity index (χ3n) is 3.09. The predicted molar refractivity (Wildman–Crippen MR) is 63.5 cm³/mol. The number of carbonyl (C=O) groups is 1. The third kappa shape index (κ3) is 2.51. The Balaban J connectivity index is 2.03. The average molecular weight is 216 g/mol. The molecular weight excluding hydrogens is 200 g/mol. The van der Waals surface area contributed by atoms with Crippen molar-refractivity contribution in [2.45, 2.75) is 31.6 Å². The van der Waals surface area contributed by atoms with E-state index >= 15 is 0 Å². The monoisotopic (exact) mass is 216 g/mol. The lowest BCUT2D eigenvalue weighted by Gasteiger charge is -2.09. The van der Waals surface area contributed by atoms with E-state index in [1.807, 2.05) is 12.1 Å². The van der Waals surface area contributed by atoms with Crippen LogP contribution in [0, 0.1) is 0 Å². The van der Waals surface area contributed by atoms with Crippen LogP contribution in [-0.4, -0.2) is 5.97 Å². The Hall–Kier alpha value is -1.57. The van der Waals surface area contributed by atoms with Crippen molar-refractivity contribution in [3.63, 3.8) is 0 Å². The first-order chi connectivity index (χ1) is 7.79. The van der Waals surface area contributed by atoms with E-state index in [1.165, 1.54) is 37.3 Å². The Bertz CT molecular complexity index is 372. The van der Waals surface area contributed by atoms with Crippen LogP contribution in [0.15, 0.2) is 36.9 Å². The van der Waals surface area contributed by atoms with Gasteiger partial charge in [0.25, 0.3) is 0 Å². The summed E-state index contributed by atoms with van der Waals surface area (Å²) in [6, 6.07) is 7.83. The lowest BCUT2D eigenvalue weighted by molar-refractivity contribution is -0.128. The zero-order valence-electron chi connectivity index (χ0n) is 9.32. The van der Waals surface area contributed by atoms with Crippen LogP contribution in [-0.2, 0) is 4.79 Å². The van der Waals surface area contributed by atoms with E-state index in [9.17, 15) is 4.79 Å². The average Bonchev–Trinajstić information content (AvgIpc) is 2.83. The molecule has 2 nitrogen and oxygen atoms in total. The third-order valence-corrected chi connectivity index (χ3v) is 3.09. The highest BCUT2D eigenvalue weighted by molar-refractivity contribution is 5.83. The first kappa shape index (κ1) is 10.9. The Kier molecular flexibility index (Phi) is 3.40. The molecular formula is C14H16O2. The van der Waals surface area contributed by atoms with Gasteiger partial charge in [-0.15, -0.1) is 0 Å². The number of benzene rings is 1. The predicted octanol–water partition coefficient (Wildman–Crippen LogP) is 3.44. The van der Waals surface area contributed by atoms with Crippen molar-refractivity contribution >= 4 is 5.97 Å². The molecule has 1 aliphatic carbocycles. The Morgan fingerprint density at radius 1 is 1.25 bits per heavy atom. The molecule has 0 heterocycles. The van der Waals surface area contributed by atoms with Crippen molar-refractivity contribution in [1.82, 2.24) is 0 Å². The topological polar surface area (TPSA) is 26.3 Å². The number of esters is 1. The largest absolute Gasteiger partial charge is 0.423 e. The fraction of sp³-hybridized carbons (Fsp3) is 0.357. The number of rotatable bonds is 3. The molecule has 1 aromatic carbocycles. The van der Waals surface area contributed by atoms with Gasteiger partial charge >= 0.3 is 5.97 Å². The van der Waals surface area contributed by atoms with Crippen molar-refractivity contribution in [3.05, 3.63) is 42.5 Å². The zero-order chi connectivity index (χ0) is 11.4. The van der Waals surface area contributed by atoms with Crippen LogP contribution in [0.1, 0.15) is 37.2 Å². The van der Waals surface area contributed by atoms with Gasteiger partial charge in [0.15, 0.2) is 0 Å². The molecule has 1 fully saturated rings. The molecule has 0 aromatic heterocycles. The smallest absolute Gasteiger partial charge is 0.335 e. The van der Waals surface area contributed by atoms with Crippen LogP contribution >= 0.6 is 0 Å². The van der Waals surface area contributed by atoms with E-state index in [0.717, 1.165) is 0 Å². The Morgan fingerprint density at radius 2 is 1.88 bits per heavy atom. The first-order valence-electron chi connectivity index (χ1n) is 5.74. The van der Waals surface area contributed by atoms with Crippen molar-refractivity contribution in [2.75, 3.05) is 0 Å². The summed E-state index contributed by atoms with van der Waals surface area (Å²) < 4.78 is 5.02. The van der Waals surface area contributed by atoms with Crippen LogP contribution in [0.4, 0.5) is 0 Å². The van der Waals surface area contributed by atoms with Crippen LogP contribution in [0.5, 0.6) is 5.75 Å². The quantitative estimate of drug-likeness (QED) is 0.439. The lowest BCUT2D eigenvalue weighted by atomic mass is 9.98. The summed E-state index contributed by atoms with van der Waals surface area (Å²) in [5, 5.41) is 0. The molecule has 16 heavy (non-hydrogen) atoms. The number of hydrogen-bond donors (Lipinski definition) is 0. The summed E-state index contributed by atoms with van der Waals surface area (Å²) in [5.41, 5.74) is 1.36. The van der Waals surface area contributed by atoms with Crippen LogP contribution in [0.25, 0.3) is 0 Å². The van der Waals surface area contributed by atoms with Gasteiger partial charge in [-0.25, -0.2) is 4.79 Å². The number of ether oxygens (including phenoxy) is 1. The number of carbonyl (C=O) groups excluding carboxylic acids is 1. The highest BCUT2D eigenvalue weighted by Gasteiger charge is 2.16. The highest BCUT2D eigenvalue weighted by atomic mass is 16.5. The van der Waals surface area contributed by atoms with Crippen molar-refractivity contribution in [2.24, 2.45) is 0 Å². The van der Waals surface area contributed by atoms with Crippen LogP contribution in [0.3, 0.4) is 0 Å². The molecule has 0 N–H and O–H groups in total. The van der Waals surface area contributed by atoms with E-state index in [-0.39, 0.29) is 0 Å². The summed E-state index contributed by atoms with van der Waals surface area (Å²) in [5.74, 6) is 0.879. The second-order valence-electron chi connectivity index (χ2n) is 4.18. The van der Waals surface area contributed by atoms with Gasteiger partial charge < -0.3 is 4.74 Å². The summed E-state index contributed by atoms with van der Waals surface area (Å²) in [4.78, 5) is 11.0. The fourth-order valence-electron chi connectivity index (χ4n) is 2.23. The minimum atomic E-state index is -0.409. The summed E-state index contributed by atoms with van der Waals surface area (Å²) in [7, 11) is 0. The normalized spacial score (nSPS) is 16.0. The molecule has 0 aliphatic heterocycles. The highest BCUT2D eigenvalue weighted by Crippen LogP contribution is 2.34. The van der Waals surface area contributed by atoms with Gasteiger partial charge in [-0.2, -0.15) is 0 Å². The number of hydrogen-bond acceptors (Lipinski definition) is 2. The standard InChI is InChI=1S/C14H16O2/c1-2-14(15)16-13-9-7-12(8-10-13)11-5-3-4-6-11/h2,7-11H,1,3-6H2. The van der Waals surface area contributed by atoms with Gasteiger partial charge in [0.05, 0.1) is 0 Å². The first-order valence-corrected chi connectivity index (χ1v) is 5.74. The SMILES string of the molecule is C=CC(=O)Oc1ccc(C2CCCC2)cc1. The van der Waals surface area contributed by atoms with E-state index in [2.05, 4.69) is 18.7 Å².